The van der Waals surface area contributed by atoms with E-state index < -0.39 is 0 Å². The predicted octanol–water partition coefficient (Wildman–Crippen LogP) is 2.53. The lowest BCUT2D eigenvalue weighted by molar-refractivity contribution is 0.879. The van der Waals surface area contributed by atoms with Crippen LogP contribution in [-0.4, -0.2) is 9.78 Å². The number of anilines is 1. The van der Waals surface area contributed by atoms with Crippen LogP contribution in [-0.2, 0) is 0 Å². The summed E-state index contributed by atoms with van der Waals surface area (Å²) in [5.41, 5.74) is 8.46. The van der Waals surface area contributed by atoms with Crippen molar-refractivity contribution in [1.29, 1.82) is 0 Å². The van der Waals surface area contributed by atoms with E-state index in [1.807, 2.05) is 25.1 Å². The van der Waals surface area contributed by atoms with Crippen molar-refractivity contribution in [2.24, 2.45) is 0 Å². The van der Waals surface area contributed by atoms with Crippen molar-refractivity contribution in [1.82, 2.24) is 9.78 Å². The highest BCUT2D eigenvalue weighted by molar-refractivity contribution is 9.10. The Kier molecular flexibility index (Phi) is 2.29. The lowest BCUT2D eigenvalue weighted by Gasteiger charge is -2.03. The van der Waals surface area contributed by atoms with Crippen LogP contribution in [0.4, 0.5) is 5.69 Å². The van der Waals surface area contributed by atoms with Gasteiger partial charge in [-0.05, 0) is 24.6 Å². The molecule has 1 aromatic carbocycles. The predicted molar refractivity (Wildman–Crippen MR) is 60.4 cm³/mol. The van der Waals surface area contributed by atoms with Crippen molar-refractivity contribution >= 4 is 21.6 Å². The first-order valence-electron chi connectivity index (χ1n) is 4.23. The highest BCUT2D eigenvalue weighted by Gasteiger charge is 2.00. The number of benzene rings is 1. The van der Waals surface area contributed by atoms with Gasteiger partial charge in [0.05, 0.1) is 23.8 Å². The highest BCUT2D eigenvalue weighted by atomic mass is 79.9. The topological polar surface area (TPSA) is 43.8 Å². The lowest BCUT2D eigenvalue weighted by Crippen LogP contribution is -1.94. The van der Waals surface area contributed by atoms with E-state index in [1.165, 1.54) is 5.56 Å². The minimum atomic E-state index is 0.668. The number of halogens is 1. The van der Waals surface area contributed by atoms with E-state index in [-0.39, 0.29) is 0 Å². The van der Waals surface area contributed by atoms with Crippen LogP contribution in [0.15, 0.2) is 35.1 Å². The Hall–Kier alpha value is -1.29. The molecule has 0 aliphatic rings. The zero-order valence-electron chi connectivity index (χ0n) is 7.74. The molecule has 0 bridgehead atoms. The molecule has 0 saturated carbocycles. The largest absolute Gasteiger partial charge is 0.396 e. The van der Waals surface area contributed by atoms with Crippen molar-refractivity contribution in [2.75, 3.05) is 5.73 Å². The Morgan fingerprint density at radius 3 is 2.79 bits per heavy atom. The van der Waals surface area contributed by atoms with E-state index >= 15 is 0 Å². The van der Waals surface area contributed by atoms with Gasteiger partial charge in [0, 0.05) is 4.47 Å². The standard InChI is InChI=1S/C10H10BrN3/c1-7-2-3-9(4-10(7)11)14-6-8(12)5-13-14/h2-6H,12H2,1H3. The first-order chi connectivity index (χ1) is 6.66. The fourth-order valence-electron chi connectivity index (χ4n) is 1.20. The molecule has 2 rings (SSSR count). The van der Waals surface area contributed by atoms with E-state index in [2.05, 4.69) is 21.0 Å². The van der Waals surface area contributed by atoms with Crippen LogP contribution in [0.3, 0.4) is 0 Å². The van der Waals surface area contributed by atoms with Crippen LogP contribution in [0.5, 0.6) is 0 Å². The molecule has 0 amide bonds. The van der Waals surface area contributed by atoms with Crippen LogP contribution in [0.25, 0.3) is 5.69 Å². The number of nitrogens with two attached hydrogens (primary N) is 1. The molecule has 0 atom stereocenters. The van der Waals surface area contributed by atoms with Crippen molar-refractivity contribution in [2.45, 2.75) is 6.92 Å². The molecule has 0 aliphatic carbocycles. The van der Waals surface area contributed by atoms with Crippen LogP contribution in [0.1, 0.15) is 5.56 Å². The summed E-state index contributed by atoms with van der Waals surface area (Å²) in [4.78, 5) is 0. The van der Waals surface area contributed by atoms with Gasteiger partial charge in [0.25, 0.3) is 0 Å². The second-order valence-electron chi connectivity index (χ2n) is 3.15. The van der Waals surface area contributed by atoms with E-state index in [0.717, 1.165) is 10.2 Å². The molecule has 2 aromatic rings. The summed E-state index contributed by atoms with van der Waals surface area (Å²) in [6, 6.07) is 6.06. The molecular formula is C10H10BrN3. The fraction of sp³-hybridized carbons (Fsp3) is 0.100. The average Bonchev–Trinajstić information content (AvgIpc) is 2.57. The summed E-state index contributed by atoms with van der Waals surface area (Å²) in [6.45, 7) is 2.05. The van der Waals surface area contributed by atoms with E-state index in [0.29, 0.717) is 5.69 Å². The Morgan fingerprint density at radius 2 is 2.21 bits per heavy atom. The quantitative estimate of drug-likeness (QED) is 0.847. The number of nitrogen functional groups attached to an aromatic ring is 1. The van der Waals surface area contributed by atoms with Gasteiger partial charge in [-0.3, -0.25) is 0 Å². The molecule has 3 nitrogen and oxygen atoms in total. The Bertz CT molecular complexity index is 462. The van der Waals surface area contributed by atoms with E-state index in [4.69, 9.17) is 5.73 Å². The molecule has 0 fully saturated rings. The molecule has 0 saturated heterocycles. The molecule has 72 valence electrons. The smallest absolute Gasteiger partial charge is 0.0724 e. The zero-order chi connectivity index (χ0) is 10.1. The number of nitrogens with zero attached hydrogens (tertiary/aromatic N) is 2. The summed E-state index contributed by atoms with van der Waals surface area (Å²) in [7, 11) is 0. The number of aromatic nitrogens is 2. The zero-order valence-corrected chi connectivity index (χ0v) is 9.32. The van der Waals surface area contributed by atoms with Gasteiger partial charge in [0.1, 0.15) is 0 Å². The molecule has 0 radical (unpaired) electrons. The molecule has 4 heteroatoms. The summed E-state index contributed by atoms with van der Waals surface area (Å²) in [6.07, 6.45) is 3.42. The molecule has 0 spiro atoms. The molecule has 1 heterocycles. The monoisotopic (exact) mass is 251 g/mol. The SMILES string of the molecule is Cc1ccc(-n2cc(N)cn2)cc1Br. The third-order valence-electron chi connectivity index (χ3n) is 2.02. The number of hydrogen-bond donors (Lipinski definition) is 1. The number of hydrogen-bond acceptors (Lipinski definition) is 2. The maximum atomic E-state index is 5.59. The third kappa shape index (κ3) is 1.65. The minimum absolute atomic E-state index is 0.668. The summed E-state index contributed by atoms with van der Waals surface area (Å²) in [5.74, 6) is 0. The number of aryl methyl sites for hydroxylation is 1. The van der Waals surface area contributed by atoms with Gasteiger partial charge < -0.3 is 5.73 Å². The van der Waals surface area contributed by atoms with Gasteiger partial charge in [-0.25, -0.2) is 4.68 Å². The van der Waals surface area contributed by atoms with E-state index in [1.54, 1.807) is 17.1 Å². The molecule has 0 unspecified atom stereocenters. The van der Waals surface area contributed by atoms with Gasteiger partial charge in [-0.1, -0.05) is 22.0 Å². The summed E-state index contributed by atoms with van der Waals surface area (Å²) < 4.78 is 2.82. The van der Waals surface area contributed by atoms with Gasteiger partial charge in [-0.2, -0.15) is 5.10 Å². The summed E-state index contributed by atoms with van der Waals surface area (Å²) >= 11 is 3.48. The maximum Gasteiger partial charge on any atom is 0.0724 e. The van der Waals surface area contributed by atoms with Crippen LogP contribution in [0, 0.1) is 6.92 Å². The van der Waals surface area contributed by atoms with Crippen molar-refractivity contribution in [3.8, 4) is 5.69 Å². The van der Waals surface area contributed by atoms with Gasteiger partial charge in [0.2, 0.25) is 0 Å². The Labute approximate surface area is 90.7 Å². The van der Waals surface area contributed by atoms with Gasteiger partial charge in [-0.15, -0.1) is 0 Å². The Morgan fingerprint density at radius 1 is 1.43 bits per heavy atom. The average molecular weight is 252 g/mol. The molecule has 2 N–H and O–H groups in total. The Balaban J connectivity index is 2.47. The minimum Gasteiger partial charge on any atom is -0.396 e. The van der Waals surface area contributed by atoms with Crippen LogP contribution < -0.4 is 5.73 Å². The number of rotatable bonds is 1. The van der Waals surface area contributed by atoms with Crippen molar-refractivity contribution in [3.05, 3.63) is 40.6 Å². The van der Waals surface area contributed by atoms with Gasteiger partial charge in [0.15, 0.2) is 0 Å². The van der Waals surface area contributed by atoms with Crippen molar-refractivity contribution in [3.63, 3.8) is 0 Å². The fourth-order valence-corrected chi connectivity index (χ4v) is 1.57. The third-order valence-corrected chi connectivity index (χ3v) is 2.88. The maximum absolute atomic E-state index is 5.59. The molecular weight excluding hydrogens is 242 g/mol. The second kappa shape index (κ2) is 3.46. The van der Waals surface area contributed by atoms with Crippen LogP contribution in [0.2, 0.25) is 0 Å². The normalized spacial score (nSPS) is 10.4. The molecule has 14 heavy (non-hydrogen) atoms. The molecule has 0 aliphatic heterocycles. The summed E-state index contributed by atoms with van der Waals surface area (Å²) in [5, 5.41) is 4.13. The van der Waals surface area contributed by atoms with Crippen molar-refractivity contribution < 1.29 is 0 Å². The van der Waals surface area contributed by atoms with E-state index in [9.17, 15) is 0 Å². The van der Waals surface area contributed by atoms with Crippen LogP contribution >= 0.6 is 15.9 Å². The highest BCUT2D eigenvalue weighted by Crippen LogP contribution is 2.20. The first-order valence-corrected chi connectivity index (χ1v) is 5.03. The van der Waals surface area contributed by atoms with Gasteiger partial charge >= 0.3 is 0 Å². The first kappa shape index (κ1) is 9.27. The molecule has 1 aromatic heterocycles. The lowest BCUT2D eigenvalue weighted by atomic mass is 10.2. The second-order valence-corrected chi connectivity index (χ2v) is 4.01.